The average Bonchev–Trinajstić information content (AvgIpc) is 3.39. The van der Waals surface area contributed by atoms with Gasteiger partial charge in [0.1, 0.15) is 0 Å². The lowest BCUT2D eigenvalue weighted by atomic mass is 10.0. The number of piperidine rings is 1. The molecule has 27 heavy (non-hydrogen) atoms. The molecule has 0 bridgehead atoms. The first kappa shape index (κ1) is 18.1. The van der Waals surface area contributed by atoms with E-state index in [2.05, 4.69) is 42.9 Å². The Morgan fingerprint density at radius 1 is 1.15 bits per heavy atom. The van der Waals surface area contributed by atoms with Crippen molar-refractivity contribution in [1.82, 2.24) is 14.7 Å². The minimum Gasteiger partial charge on any atom is -0.381 e. The van der Waals surface area contributed by atoms with Crippen LogP contribution in [0.15, 0.2) is 36.4 Å². The molecule has 5 nitrogen and oxygen atoms in total. The third kappa shape index (κ3) is 4.02. The van der Waals surface area contributed by atoms with Crippen LogP contribution in [-0.4, -0.2) is 39.7 Å². The smallest absolute Gasteiger partial charge is 0.274 e. The summed E-state index contributed by atoms with van der Waals surface area (Å²) in [6.45, 7) is 8.00. The van der Waals surface area contributed by atoms with Crippen LogP contribution in [0.5, 0.6) is 0 Å². The Labute approximate surface area is 161 Å². The van der Waals surface area contributed by atoms with E-state index in [1.54, 1.807) is 0 Å². The topological polar surface area (TPSA) is 50.2 Å². The second-order valence-electron chi connectivity index (χ2n) is 8.91. The van der Waals surface area contributed by atoms with E-state index in [1.165, 1.54) is 18.5 Å². The third-order valence-electron chi connectivity index (χ3n) is 5.44. The molecule has 0 spiro atoms. The predicted octanol–water partition coefficient (Wildman–Crippen LogP) is 4.23. The van der Waals surface area contributed by atoms with Gasteiger partial charge in [-0.1, -0.05) is 18.2 Å². The van der Waals surface area contributed by atoms with Crippen LogP contribution < -0.4 is 5.32 Å². The van der Waals surface area contributed by atoms with Crippen LogP contribution in [0.4, 0.5) is 5.69 Å². The van der Waals surface area contributed by atoms with Crippen LogP contribution >= 0.6 is 0 Å². The molecule has 5 heteroatoms. The molecule has 1 aromatic heterocycles. The number of nitrogens with one attached hydrogen (secondary N) is 1. The minimum absolute atomic E-state index is 0.0689. The van der Waals surface area contributed by atoms with E-state index in [1.807, 2.05) is 29.2 Å². The lowest BCUT2D eigenvalue weighted by Gasteiger charge is -2.33. The van der Waals surface area contributed by atoms with E-state index >= 15 is 0 Å². The number of benzene rings is 1. The highest BCUT2D eigenvalue weighted by Crippen LogP contribution is 2.41. The first-order valence-corrected chi connectivity index (χ1v) is 10.1. The van der Waals surface area contributed by atoms with Gasteiger partial charge in [-0.2, -0.15) is 5.10 Å². The number of nitrogens with zero attached hydrogens (tertiary/aromatic N) is 3. The van der Waals surface area contributed by atoms with E-state index < -0.39 is 0 Å². The molecule has 1 aliphatic heterocycles. The number of carbonyl (C=O) groups excluding carboxylic acids is 1. The van der Waals surface area contributed by atoms with Crippen molar-refractivity contribution in [1.29, 1.82) is 0 Å². The predicted molar refractivity (Wildman–Crippen MR) is 108 cm³/mol. The summed E-state index contributed by atoms with van der Waals surface area (Å²) in [6, 6.07) is 12.6. The molecule has 2 aromatic rings. The summed E-state index contributed by atoms with van der Waals surface area (Å²) in [7, 11) is 0. The van der Waals surface area contributed by atoms with Crippen LogP contribution in [0.25, 0.3) is 0 Å². The largest absolute Gasteiger partial charge is 0.381 e. The third-order valence-corrected chi connectivity index (χ3v) is 5.44. The van der Waals surface area contributed by atoms with Crippen LogP contribution in [0.3, 0.4) is 0 Å². The summed E-state index contributed by atoms with van der Waals surface area (Å²) in [6.07, 6.45) is 4.53. The Morgan fingerprint density at radius 2 is 1.89 bits per heavy atom. The molecule has 4 rings (SSSR count). The van der Waals surface area contributed by atoms with Gasteiger partial charge < -0.3 is 10.2 Å². The van der Waals surface area contributed by atoms with Crippen LogP contribution in [0.1, 0.15) is 68.6 Å². The standard InChI is InChI=1S/C22H30N4O/c1-22(2,3)26-20(16-11-12-16)14-19(24-26)21(27)25-13-7-10-18(15-25)23-17-8-5-4-6-9-17/h4-6,8-9,14,16,18,23H,7,10-13,15H2,1-3H3. The maximum atomic E-state index is 13.2. The first-order chi connectivity index (χ1) is 12.9. The minimum atomic E-state index is -0.101. The molecule has 1 N–H and O–H groups in total. The molecular weight excluding hydrogens is 336 g/mol. The van der Waals surface area contributed by atoms with Crippen molar-refractivity contribution in [3.05, 3.63) is 47.8 Å². The molecule has 1 aliphatic carbocycles. The molecule has 1 atom stereocenters. The van der Waals surface area contributed by atoms with Gasteiger partial charge >= 0.3 is 0 Å². The highest BCUT2D eigenvalue weighted by molar-refractivity contribution is 5.92. The number of rotatable bonds is 4. The Kier molecular flexibility index (Phi) is 4.70. The number of amides is 1. The maximum absolute atomic E-state index is 13.2. The Bertz CT molecular complexity index is 801. The Morgan fingerprint density at radius 3 is 2.56 bits per heavy atom. The van der Waals surface area contributed by atoms with Gasteiger partial charge in [-0.25, -0.2) is 0 Å². The molecule has 1 unspecified atom stereocenters. The Hall–Kier alpha value is -2.30. The van der Waals surface area contributed by atoms with Gasteiger partial charge in [0.15, 0.2) is 5.69 Å². The number of anilines is 1. The number of carbonyl (C=O) groups is 1. The van der Waals surface area contributed by atoms with Gasteiger partial charge in [-0.05, 0) is 64.7 Å². The van der Waals surface area contributed by atoms with Crippen LogP contribution in [-0.2, 0) is 5.54 Å². The van der Waals surface area contributed by atoms with E-state index in [-0.39, 0.29) is 17.5 Å². The summed E-state index contributed by atoms with van der Waals surface area (Å²) < 4.78 is 2.07. The molecule has 1 aromatic carbocycles. The fourth-order valence-corrected chi connectivity index (χ4v) is 3.92. The zero-order chi connectivity index (χ0) is 19.0. The monoisotopic (exact) mass is 366 g/mol. The molecule has 2 fully saturated rings. The number of para-hydroxylation sites is 1. The van der Waals surface area contributed by atoms with Crippen molar-refractivity contribution in [2.45, 2.75) is 64.0 Å². The van der Waals surface area contributed by atoms with Gasteiger partial charge in [0.25, 0.3) is 5.91 Å². The molecule has 1 saturated carbocycles. The SMILES string of the molecule is CC(C)(C)n1nc(C(=O)N2CCCC(Nc3ccccc3)C2)cc1C1CC1. The number of hydrogen-bond acceptors (Lipinski definition) is 3. The fourth-order valence-electron chi connectivity index (χ4n) is 3.92. The van der Waals surface area contributed by atoms with Gasteiger partial charge in [0.05, 0.1) is 5.54 Å². The highest BCUT2D eigenvalue weighted by atomic mass is 16.2. The van der Waals surface area contributed by atoms with Gasteiger partial charge in [-0.15, -0.1) is 0 Å². The molecule has 144 valence electrons. The van der Waals surface area contributed by atoms with Crippen molar-refractivity contribution >= 4 is 11.6 Å². The molecule has 2 heterocycles. The second-order valence-corrected chi connectivity index (χ2v) is 8.91. The zero-order valence-electron chi connectivity index (χ0n) is 16.6. The van der Waals surface area contributed by atoms with Crippen molar-refractivity contribution < 1.29 is 4.79 Å². The normalized spacial score (nSPS) is 20.6. The van der Waals surface area contributed by atoms with Crippen molar-refractivity contribution in [2.24, 2.45) is 0 Å². The first-order valence-electron chi connectivity index (χ1n) is 10.1. The van der Waals surface area contributed by atoms with Gasteiger partial charge in [0, 0.05) is 36.4 Å². The zero-order valence-corrected chi connectivity index (χ0v) is 16.6. The lowest BCUT2D eigenvalue weighted by molar-refractivity contribution is 0.0707. The van der Waals surface area contributed by atoms with Crippen molar-refractivity contribution in [2.75, 3.05) is 18.4 Å². The number of hydrogen-bond donors (Lipinski definition) is 1. The van der Waals surface area contributed by atoms with Crippen molar-refractivity contribution in [3.63, 3.8) is 0 Å². The molecular formula is C22H30N4O. The van der Waals surface area contributed by atoms with Crippen LogP contribution in [0.2, 0.25) is 0 Å². The fraction of sp³-hybridized carbons (Fsp3) is 0.545. The molecule has 1 saturated heterocycles. The lowest BCUT2D eigenvalue weighted by Crippen LogP contribution is -2.45. The summed E-state index contributed by atoms with van der Waals surface area (Å²) in [4.78, 5) is 15.1. The van der Waals surface area contributed by atoms with Crippen LogP contribution in [0, 0.1) is 0 Å². The van der Waals surface area contributed by atoms with E-state index in [9.17, 15) is 4.79 Å². The Balaban J connectivity index is 1.49. The van der Waals surface area contributed by atoms with E-state index in [0.717, 1.165) is 31.6 Å². The summed E-state index contributed by atoms with van der Waals surface area (Å²) in [5, 5.41) is 8.30. The van der Waals surface area contributed by atoms with Crippen molar-refractivity contribution in [3.8, 4) is 0 Å². The maximum Gasteiger partial charge on any atom is 0.274 e. The van der Waals surface area contributed by atoms with Gasteiger partial charge in [-0.3, -0.25) is 9.48 Å². The number of aromatic nitrogens is 2. The quantitative estimate of drug-likeness (QED) is 0.881. The highest BCUT2D eigenvalue weighted by Gasteiger charge is 2.34. The van der Waals surface area contributed by atoms with E-state index in [4.69, 9.17) is 5.10 Å². The van der Waals surface area contributed by atoms with Gasteiger partial charge in [0.2, 0.25) is 0 Å². The molecule has 2 aliphatic rings. The summed E-state index contributed by atoms with van der Waals surface area (Å²) in [5.41, 5.74) is 2.84. The summed E-state index contributed by atoms with van der Waals surface area (Å²) >= 11 is 0. The molecule has 1 amide bonds. The summed E-state index contributed by atoms with van der Waals surface area (Å²) in [5.74, 6) is 0.645. The number of likely N-dealkylation sites (tertiary alicyclic amines) is 1. The average molecular weight is 367 g/mol. The second kappa shape index (κ2) is 7.02. The molecule has 0 radical (unpaired) electrons. The van der Waals surface area contributed by atoms with E-state index in [0.29, 0.717) is 11.6 Å².